The molecule has 4 amide bonds. The SMILES string of the molecule is COc1ccc(/C=C2\C(=O)NC(=O)N(c3cccc(C)c3C)C2=O)cc1OC. The van der Waals surface area contributed by atoms with Gasteiger partial charge in [0, 0.05) is 0 Å². The first-order chi connectivity index (χ1) is 13.4. The Balaban J connectivity index is 2.05. The molecule has 1 heterocycles. The number of barbiturate groups is 1. The summed E-state index contributed by atoms with van der Waals surface area (Å²) in [7, 11) is 3.01. The van der Waals surface area contributed by atoms with Gasteiger partial charge in [-0.2, -0.15) is 0 Å². The van der Waals surface area contributed by atoms with Gasteiger partial charge in [0.2, 0.25) is 0 Å². The van der Waals surface area contributed by atoms with Crippen LogP contribution in [0.15, 0.2) is 42.0 Å². The predicted octanol–water partition coefficient (Wildman–Crippen LogP) is 2.99. The van der Waals surface area contributed by atoms with Crippen LogP contribution in [-0.2, 0) is 9.59 Å². The summed E-state index contributed by atoms with van der Waals surface area (Å²) in [5, 5.41) is 2.23. The molecule has 2 aromatic rings. The average molecular weight is 380 g/mol. The van der Waals surface area contributed by atoms with E-state index >= 15 is 0 Å². The van der Waals surface area contributed by atoms with E-state index in [0.29, 0.717) is 22.7 Å². The number of urea groups is 1. The minimum Gasteiger partial charge on any atom is -0.493 e. The Morgan fingerprint density at radius 3 is 2.36 bits per heavy atom. The highest BCUT2D eigenvalue weighted by atomic mass is 16.5. The second-order valence-electron chi connectivity index (χ2n) is 6.29. The molecule has 3 rings (SSSR count). The molecular formula is C21H20N2O5. The largest absolute Gasteiger partial charge is 0.493 e. The zero-order valence-corrected chi connectivity index (χ0v) is 16.0. The van der Waals surface area contributed by atoms with Gasteiger partial charge in [-0.25, -0.2) is 9.69 Å². The second-order valence-corrected chi connectivity index (χ2v) is 6.29. The number of rotatable bonds is 4. The molecule has 0 unspecified atom stereocenters. The summed E-state index contributed by atoms with van der Waals surface area (Å²) >= 11 is 0. The summed E-state index contributed by atoms with van der Waals surface area (Å²) in [5.74, 6) is -0.442. The summed E-state index contributed by atoms with van der Waals surface area (Å²) in [6.45, 7) is 3.70. The molecular weight excluding hydrogens is 360 g/mol. The lowest BCUT2D eigenvalue weighted by molar-refractivity contribution is -0.122. The van der Waals surface area contributed by atoms with Gasteiger partial charge in [-0.05, 0) is 54.8 Å². The molecule has 144 valence electrons. The Bertz CT molecular complexity index is 1010. The maximum atomic E-state index is 13.0. The summed E-state index contributed by atoms with van der Waals surface area (Å²) in [6, 6.07) is 9.54. The molecule has 0 atom stereocenters. The van der Waals surface area contributed by atoms with E-state index in [-0.39, 0.29) is 5.57 Å². The van der Waals surface area contributed by atoms with E-state index in [9.17, 15) is 14.4 Å². The summed E-state index contributed by atoms with van der Waals surface area (Å²) in [4.78, 5) is 38.7. The van der Waals surface area contributed by atoms with Crippen LogP contribution in [0, 0.1) is 13.8 Å². The molecule has 7 nitrogen and oxygen atoms in total. The zero-order valence-electron chi connectivity index (χ0n) is 16.0. The fraction of sp³-hybridized carbons (Fsp3) is 0.190. The zero-order chi connectivity index (χ0) is 20.4. The van der Waals surface area contributed by atoms with Crippen LogP contribution < -0.4 is 19.7 Å². The molecule has 0 saturated carbocycles. The Morgan fingerprint density at radius 1 is 0.964 bits per heavy atom. The molecule has 7 heteroatoms. The molecule has 2 aromatic carbocycles. The van der Waals surface area contributed by atoms with Crippen LogP contribution in [0.4, 0.5) is 10.5 Å². The van der Waals surface area contributed by atoms with Gasteiger partial charge in [0.1, 0.15) is 5.57 Å². The van der Waals surface area contributed by atoms with Crippen LogP contribution in [0.1, 0.15) is 16.7 Å². The van der Waals surface area contributed by atoms with Crippen molar-refractivity contribution in [3.8, 4) is 11.5 Å². The summed E-state index contributed by atoms with van der Waals surface area (Å²) in [6.07, 6.45) is 1.42. The molecule has 0 spiro atoms. The lowest BCUT2D eigenvalue weighted by atomic mass is 10.0. The van der Waals surface area contributed by atoms with Crippen LogP contribution in [0.2, 0.25) is 0 Å². The number of carbonyl (C=O) groups is 3. The highest BCUT2D eigenvalue weighted by molar-refractivity contribution is 6.39. The number of ether oxygens (including phenoxy) is 2. The van der Waals surface area contributed by atoms with Crippen LogP contribution >= 0.6 is 0 Å². The maximum Gasteiger partial charge on any atom is 0.335 e. The van der Waals surface area contributed by atoms with Gasteiger partial charge >= 0.3 is 6.03 Å². The number of amides is 4. The van der Waals surface area contributed by atoms with Crippen LogP contribution in [0.3, 0.4) is 0 Å². The highest BCUT2D eigenvalue weighted by Gasteiger charge is 2.37. The van der Waals surface area contributed by atoms with E-state index in [4.69, 9.17) is 9.47 Å². The molecule has 0 bridgehead atoms. The Morgan fingerprint density at radius 2 is 1.68 bits per heavy atom. The van der Waals surface area contributed by atoms with Crippen molar-refractivity contribution >= 4 is 29.6 Å². The van der Waals surface area contributed by atoms with Crippen molar-refractivity contribution in [2.75, 3.05) is 19.1 Å². The van der Waals surface area contributed by atoms with Crippen molar-refractivity contribution in [3.05, 3.63) is 58.7 Å². The normalized spacial score (nSPS) is 15.6. The van der Waals surface area contributed by atoms with Crippen LogP contribution in [-0.4, -0.2) is 32.1 Å². The van der Waals surface area contributed by atoms with Crippen molar-refractivity contribution in [2.45, 2.75) is 13.8 Å². The minimum absolute atomic E-state index is 0.146. The van der Waals surface area contributed by atoms with Gasteiger partial charge in [-0.15, -0.1) is 0 Å². The molecule has 28 heavy (non-hydrogen) atoms. The molecule has 0 aliphatic carbocycles. The lowest BCUT2D eigenvalue weighted by Gasteiger charge is -2.28. The first-order valence-electron chi connectivity index (χ1n) is 8.57. The second kappa shape index (κ2) is 7.56. The van der Waals surface area contributed by atoms with Gasteiger partial charge in [0.25, 0.3) is 11.8 Å². The molecule has 1 saturated heterocycles. The Hall–Kier alpha value is -3.61. The van der Waals surface area contributed by atoms with Crippen molar-refractivity contribution in [1.82, 2.24) is 5.32 Å². The number of hydrogen-bond donors (Lipinski definition) is 1. The van der Waals surface area contributed by atoms with E-state index in [1.807, 2.05) is 19.9 Å². The van der Waals surface area contributed by atoms with Crippen molar-refractivity contribution < 1.29 is 23.9 Å². The van der Waals surface area contributed by atoms with Crippen molar-refractivity contribution in [1.29, 1.82) is 0 Å². The van der Waals surface area contributed by atoms with Crippen LogP contribution in [0.5, 0.6) is 11.5 Å². The van der Waals surface area contributed by atoms with Gasteiger partial charge in [0.05, 0.1) is 19.9 Å². The standard InChI is InChI=1S/C21H20N2O5/c1-12-6-5-7-16(13(12)2)23-20(25)15(19(24)22-21(23)26)10-14-8-9-17(27-3)18(11-14)28-4/h5-11H,1-4H3,(H,22,24,26)/b15-10+. The van der Waals surface area contributed by atoms with Crippen molar-refractivity contribution in [3.63, 3.8) is 0 Å². The lowest BCUT2D eigenvalue weighted by Crippen LogP contribution is -2.54. The predicted molar refractivity (Wildman–Crippen MR) is 104 cm³/mol. The Kier molecular flexibility index (Phi) is 5.17. The Labute approximate surface area is 162 Å². The number of nitrogens with one attached hydrogen (secondary N) is 1. The van der Waals surface area contributed by atoms with Gasteiger partial charge in [-0.3, -0.25) is 14.9 Å². The average Bonchev–Trinajstić information content (AvgIpc) is 2.68. The smallest absolute Gasteiger partial charge is 0.335 e. The number of anilines is 1. The fourth-order valence-corrected chi connectivity index (χ4v) is 2.96. The van der Waals surface area contributed by atoms with Crippen molar-refractivity contribution in [2.24, 2.45) is 0 Å². The molecule has 0 radical (unpaired) electrons. The number of nitrogens with zero attached hydrogens (tertiary/aromatic N) is 1. The minimum atomic E-state index is -0.770. The molecule has 1 aliphatic heterocycles. The van der Waals surface area contributed by atoms with Crippen LogP contribution in [0.25, 0.3) is 6.08 Å². The third-order valence-corrected chi connectivity index (χ3v) is 4.64. The van der Waals surface area contributed by atoms with E-state index in [0.717, 1.165) is 16.0 Å². The molecule has 0 aromatic heterocycles. The highest BCUT2D eigenvalue weighted by Crippen LogP contribution is 2.30. The van der Waals surface area contributed by atoms with Gasteiger partial charge in [0.15, 0.2) is 11.5 Å². The van der Waals surface area contributed by atoms with Gasteiger partial charge in [-0.1, -0.05) is 18.2 Å². The molecule has 1 fully saturated rings. The van der Waals surface area contributed by atoms with E-state index < -0.39 is 17.8 Å². The number of carbonyl (C=O) groups excluding carboxylic acids is 3. The quantitative estimate of drug-likeness (QED) is 0.651. The number of imide groups is 2. The molecule has 1 N–H and O–H groups in total. The molecule has 1 aliphatic rings. The topological polar surface area (TPSA) is 84.9 Å². The van der Waals surface area contributed by atoms with Gasteiger partial charge < -0.3 is 9.47 Å². The third-order valence-electron chi connectivity index (χ3n) is 4.64. The number of benzene rings is 2. The monoisotopic (exact) mass is 380 g/mol. The van der Waals surface area contributed by atoms with E-state index in [1.165, 1.54) is 20.3 Å². The first-order valence-corrected chi connectivity index (χ1v) is 8.57. The summed E-state index contributed by atoms with van der Waals surface area (Å²) in [5.41, 5.74) is 2.57. The fourth-order valence-electron chi connectivity index (χ4n) is 2.96. The number of methoxy groups -OCH3 is 2. The summed E-state index contributed by atoms with van der Waals surface area (Å²) < 4.78 is 10.4. The first kappa shape index (κ1) is 19.2. The number of hydrogen-bond acceptors (Lipinski definition) is 5. The number of aryl methyl sites for hydroxylation is 1. The third kappa shape index (κ3) is 3.34. The van der Waals surface area contributed by atoms with E-state index in [1.54, 1.807) is 30.3 Å². The maximum absolute atomic E-state index is 13.0. The van der Waals surface area contributed by atoms with E-state index in [2.05, 4.69) is 5.32 Å².